The highest BCUT2D eigenvalue weighted by molar-refractivity contribution is 5.99. The molecule has 0 fully saturated rings. The molecule has 0 aliphatic heterocycles. The molecule has 0 unspecified atom stereocenters. The van der Waals surface area contributed by atoms with E-state index in [-0.39, 0.29) is 18.6 Å². The number of esters is 1. The van der Waals surface area contributed by atoms with E-state index in [0.29, 0.717) is 22.3 Å². The van der Waals surface area contributed by atoms with Crippen LogP contribution in [0.25, 0.3) is 11.1 Å². The summed E-state index contributed by atoms with van der Waals surface area (Å²) in [5.41, 5.74) is 5.33. The summed E-state index contributed by atoms with van der Waals surface area (Å²) in [6.07, 6.45) is 0. The molecule has 3 aromatic rings. The van der Waals surface area contributed by atoms with E-state index in [4.69, 9.17) is 4.74 Å². The number of nitrogens with zero attached hydrogens (tertiary/aromatic N) is 1. The Morgan fingerprint density at radius 1 is 0.968 bits per heavy atom. The van der Waals surface area contributed by atoms with Crippen molar-refractivity contribution in [3.63, 3.8) is 0 Å². The number of hydrogen-bond acceptors (Lipinski definition) is 4. The van der Waals surface area contributed by atoms with Gasteiger partial charge in [0.05, 0.1) is 23.2 Å². The van der Waals surface area contributed by atoms with Crippen LogP contribution in [0.2, 0.25) is 0 Å². The van der Waals surface area contributed by atoms with Crippen molar-refractivity contribution in [1.29, 1.82) is 5.26 Å². The second-order valence-electron chi connectivity index (χ2n) is 7.41. The molecule has 0 saturated heterocycles. The summed E-state index contributed by atoms with van der Waals surface area (Å²) < 4.78 is 5.27. The maximum Gasteiger partial charge on any atom is 0.339 e. The molecular formula is C26H24N2O3. The molecule has 5 nitrogen and oxygen atoms in total. The Labute approximate surface area is 182 Å². The fourth-order valence-electron chi connectivity index (χ4n) is 3.32. The Balaban J connectivity index is 1.68. The molecule has 0 aliphatic carbocycles. The zero-order chi connectivity index (χ0) is 22.4. The maximum atomic E-state index is 12.7. The number of rotatable bonds is 6. The smallest absolute Gasteiger partial charge is 0.339 e. The van der Waals surface area contributed by atoms with E-state index in [9.17, 15) is 14.9 Å². The fraction of sp³-hybridized carbons (Fsp3) is 0.192. The van der Waals surface area contributed by atoms with Crippen LogP contribution in [0.1, 0.15) is 45.6 Å². The van der Waals surface area contributed by atoms with Crippen molar-refractivity contribution in [3.8, 4) is 17.2 Å². The molecular weight excluding hydrogens is 388 g/mol. The summed E-state index contributed by atoms with van der Waals surface area (Å²) in [5.74, 6) is -0.994. The largest absolute Gasteiger partial charge is 0.452 e. The number of aryl methyl sites for hydroxylation is 2. The minimum atomic E-state index is -0.614. The zero-order valence-corrected chi connectivity index (χ0v) is 17.8. The third kappa shape index (κ3) is 5.18. The summed E-state index contributed by atoms with van der Waals surface area (Å²) in [6, 6.07) is 21.9. The maximum absolute atomic E-state index is 12.7. The lowest BCUT2D eigenvalue weighted by Gasteiger charge is -2.16. The summed E-state index contributed by atoms with van der Waals surface area (Å²) in [7, 11) is 0. The van der Waals surface area contributed by atoms with Crippen molar-refractivity contribution in [3.05, 3.63) is 94.5 Å². The van der Waals surface area contributed by atoms with Crippen LogP contribution >= 0.6 is 0 Å². The van der Waals surface area contributed by atoms with Crippen molar-refractivity contribution < 1.29 is 14.3 Å². The van der Waals surface area contributed by atoms with E-state index in [1.165, 1.54) is 5.56 Å². The molecule has 0 radical (unpaired) electrons. The first-order valence-electron chi connectivity index (χ1n) is 10.0. The topological polar surface area (TPSA) is 79.2 Å². The van der Waals surface area contributed by atoms with E-state index >= 15 is 0 Å². The van der Waals surface area contributed by atoms with Crippen LogP contribution in [0.15, 0.2) is 66.7 Å². The second kappa shape index (κ2) is 9.73. The molecule has 3 aromatic carbocycles. The lowest BCUT2D eigenvalue weighted by atomic mass is 9.96. The summed E-state index contributed by atoms with van der Waals surface area (Å²) >= 11 is 0. The molecule has 31 heavy (non-hydrogen) atoms. The molecule has 0 aliphatic rings. The van der Waals surface area contributed by atoms with Crippen LogP contribution in [0, 0.1) is 25.2 Å². The Morgan fingerprint density at radius 3 is 2.35 bits per heavy atom. The average molecular weight is 412 g/mol. The number of nitrogens with one attached hydrogen (secondary N) is 1. The molecule has 156 valence electrons. The highest BCUT2D eigenvalue weighted by Crippen LogP contribution is 2.27. The first-order chi connectivity index (χ1) is 14.9. The van der Waals surface area contributed by atoms with E-state index < -0.39 is 5.97 Å². The highest BCUT2D eigenvalue weighted by atomic mass is 16.5. The lowest BCUT2D eigenvalue weighted by Crippen LogP contribution is -2.31. The number of nitriles is 1. The molecule has 3 rings (SSSR count). The molecule has 1 N–H and O–H groups in total. The predicted molar refractivity (Wildman–Crippen MR) is 119 cm³/mol. The van der Waals surface area contributed by atoms with Crippen LogP contribution in [0.3, 0.4) is 0 Å². The minimum Gasteiger partial charge on any atom is -0.452 e. The zero-order valence-electron chi connectivity index (χ0n) is 17.8. The van der Waals surface area contributed by atoms with Gasteiger partial charge in [0.1, 0.15) is 0 Å². The van der Waals surface area contributed by atoms with Gasteiger partial charge in [-0.25, -0.2) is 4.79 Å². The van der Waals surface area contributed by atoms with Gasteiger partial charge in [0.2, 0.25) is 0 Å². The molecule has 0 aromatic heterocycles. The number of amides is 1. The third-order valence-corrected chi connectivity index (χ3v) is 5.23. The minimum absolute atomic E-state index is 0.208. The van der Waals surface area contributed by atoms with Gasteiger partial charge in [-0.15, -0.1) is 0 Å². The van der Waals surface area contributed by atoms with Gasteiger partial charge in [-0.3, -0.25) is 4.79 Å². The van der Waals surface area contributed by atoms with Crippen molar-refractivity contribution in [2.24, 2.45) is 0 Å². The molecule has 0 spiro atoms. The SMILES string of the molecule is Cc1ccc([C@H](C)NC(=O)COC(=O)c2ccccc2-c2ccccc2C#N)cc1C. The molecule has 0 saturated carbocycles. The quantitative estimate of drug-likeness (QED) is 0.586. The van der Waals surface area contributed by atoms with Gasteiger partial charge in [-0.2, -0.15) is 5.26 Å². The summed E-state index contributed by atoms with van der Waals surface area (Å²) in [5, 5.41) is 12.2. The van der Waals surface area contributed by atoms with Crippen LogP contribution in [0.5, 0.6) is 0 Å². The standard InChI is InChI=1S/C26H24N2O3/c1-17-12-13-20(14-18(17)2)19(3)28-25(29)16-31-26(30)24-11-7-6-10-23(24)22-9-5-4-8-21(22)15-27/h4-14,19H,16H2,1-3H3,(H,28,29)/t19-/m0/s1. The van der Waals surface area contributed by atoms with Gasteiger partial charge in [-0.05, 0) is 55.2 Å². The molecule has 0 heterocycles. The summed E-state index contributed by atoms with van der Waals surface area (Å²) in [6.45, 7) is 5.56. The predicted octanol–water partition coefficient (Wildman–Crippen LogP) is 4.88. The van der Waals surface area contributed by atoms with Crippen LogP contribution in [0.4, 0.5) is 0 Å². The highest BCUT2D eigenvalue weighted by Gasteiger charge is 2.18. The number of carbonyl (C=O) groups excluding carboxylic acids is 2. The molecule has 0 bridgehead atoms. The van der Waals surface area contributed by atoms with E-state index in [2.05, 4.69) is 11.4 Å². The fourth-order valence-corrected chi connectivity index (χ4v) is 3.32. The van der Waals surface area contributed by atoms with Crippen LogP contribution in [-0.4, -0.2) is 18.5 Å². The van der Waals surface area contributed by atoms with Crippen LogP contribution < -0.4 is 5.32 Å². The number of benzene rings is 3. The monoisotopic (exact) mass is 412 g/mol. The Morgan fingerprint density at radius 2 is 1.65 bits per heavy atom. The van der Waals surface area contributed by atoms with E-state index in [1.54, 1.807) is 48.5 Å². The second-order valence-corrected chi connectivity index (χ2v) is 7.41. The number of carbonyl (C=O) groups is 2. The normalized spacial score (nSPS) is 11.3. The van der Waals surface area contributed by atoms with Gasteiger partial charge in [-0.1, -0.05) is 54.6 Å². The average Bonchev–Trinajstić information content (AvgIpc) is 2.79. The summed E-state index contributed by atoms with van der Waals surface area (Å²) in [4.78, 5) is 25.0. The number of hydrogen-bond donors (Lipinski definition) is 1. The van der Waals surface area contributed by atoms with Crippen molar-refractivity contribution in [1.82, 2.24) is 5.32 Å². The van der Waals surface area contributed by atoms with Gasteiger partial charge in [0.15, 0.2) is 6.61 Å². The number of ether oxygens (including phenoxy) is 1. The Bertz CT molecular complexity index is 1160. The first-order valence-corrected chi connectivity index (χ1v) is 10.0. The lowest BCUT2D eigenvalue weighted by molar-refractivity contribution is -0.124. The Kier molecular flexibility index (Phi) is 6.84. The van der Waals surface area contributed by atoms with E-state index in [1.807, 2.05) is 39.0 Å². The van der Waals surface area contributed by atoms with Gasteiger partial charge in [0, 0.05) is 5.56 Å². The van der Waals surface area contributed by atoms with Crippen molar-refractivity contribution >= 4 is 11.9 Å². The van der Waals surface area contributed by atoms with Crippen LogP contribution in [-0.2, 0) is 9.53 Å². The van der Waals surface area contributed by atoms with Crippen molar-refractivity contribution in [2.45, 2.75) is 26.8 Å². The van der Waals surface area contributed by atoms with E-state index in [0.717, 1.165) is 11.1 Å². The van der Waals surface area contributed by atoms with Gasteiger partial charge < -0.3 is 10.1 Å². The third-order valence-electron chi connectivity index (χ3n) is 5.23. The molecule has 5 heteroatoms. The molecule has 1 amide bonds. The Hall–Kier alpha value is -3.91. The van der Waals surface area contributed by atoms with Gasteiger partial charge >= 0.3 is 5.97 Å². The molecule has 1 atom stereocenters. The van der Waals surface area contributed by atoms with Crippen molar-refractivity contribution in [2.75, 3.05) is 6.61 Å². The first kappa shape index (κ1) is 21.8. The van der Waals surface area contributed by atoms with Gasteiger partial charge in [0.25, 0.3) is 5.91 Å².